The molecule has 148 valence electrons. The molecule has 2 fully saturated rings. The molecular formula is C23H32O4. The minimum Gasteiger partial charge on any atom is -0.463 e. The predicted molar refractivity (Wildman–Crippen MR) is 103 cm³/mol. The van der Waals surface area contributed by atoms with E-state index in [1.165, 1.54) is 12.5 Å². The second-order valence-electron chi connectivity index (χ2n) is 9.73. The van der Waals surface area contributed by atoms with Crippen molar-refractivity contribution in [2.75, 3.05) is 6.61 Å². The van der Waals surface area contributed by atoms with Crippen molar-refractivity contribution in [2.45, 2.75) is 65.4 Å². The number of ether oxygens (including phenoxy) is 1. The van der Waals surface area contributed by atoms with Crippen molar-refractivity contribution in [2.24, 2.45) is 34.5 Å². The third-order valence-electron chi connectivity index (χ3n) is 8.51. The first-order valence-corrected chi connectivity index (χ1v) is 10.5. The molecule has 4 nitrogen and oxygen atoms in total. The summed E-state index contributed by atoms with van der Waals surface area (Å²) in [4.78, 5) is 23.0. The lowest BCUT2D eigenvalue weighted by Crippen LogP contribution is -2.50. The number of carbonyl (C=O) groups is 2. The van der Waals surface area contributed by atoms with Crippen LogP contribution in [0, 0.1) is 34.5 Å². The normalized spacial score (nSPS) is 44.0. The maximum absolute atomic E-state index is 11.9. The van der Waals surface area contributed by atoms with Gasteiger partial charge in [-0.15, -0.1) is 0 Å². The Morgan fingerprint density at radius 1 is 1.26 bits per heavy atom. The fourth-order valence-electron chi connectivity index (χ4n) is 6.99. The summed E-state index contributed by atoms with van der Waals surface area (Å²) in [5.41, 5.74) is 1.43. The maximum atomic E-state index is 11.9. The monoisotopic (exact) mass is 372 g/mol. The minimum absolute atomic E-state index is 0.0904. The molecule has 4 rings (SSSR count). The number of carbonyl (C=O) groups excluding carboxylic acids is 2. The van der Waals surface area contributed by atoms with Crippen LogP contribution in [0.4, 0.5) is 0 Å². The summed E-state index contributed by atoms with van der Waals surface area (Å²) in [5.74, 6) is 1.79. The van der Waals surface area contributed by atoms with Crippen molar-refractivity contribution in [1.82, 2.24) is 0 Å². The van der Waals surface area contributed by atoms with Gasteiger partial charge in [0.15, 0.2) is 5.78 Å². The lowest BCUT2D eigenvalue weighted by atomic mass is 9.48. The zero-order valence-electron chi connectivity index (χ0n) is 16.7. The number of aliphatic hydroxyl groups excluding tert-OH is 1. The highest BCUT2D eigenvalue weighted by molar-refractivity contribution is 5.92. The number of aliphatic hydroxyl groups is 1. The quantitative estimate of drug-likeness (QED) is 0.765. The zero-order valence-corrected chi connectivity index (χ0v) is 16.7. The number of fused-ring (bicyclic) bond motifs is 5. The molecule has 0 unspecified atom stereocenters. The van der Waals surface area contributed by atoms with Crippen LogP contribution in [0.1, 0.15) is 59.3 Å². The van der Waals surface area contributed by atoms with Crippen molar-refractivity contribution >= 4 is 11.8 Å². The molecule has 0 aromatic heterocycles. The molecule has 0 heterocycles. The van der Waals surface area contributed by atoms with E-state index in [0.29, 0.717) is 24.2 Å². The molecule has 0 aromatic carbocycles. The largest absolute Gasteiger partial charge is 0.463 e. The summed E-state index contributed by atoms with van der Waals surface area (Å²) >= 11 is 0. The Labute approximate surface area is 162 Å². The summed E-state index contributed by atoms with van der Waals surface area (Å²) in [6, 6.07) is 0. The van der Waals surface area contributed by atoms with Crippen molar-refractivity contribution in [1.29, 1.82) is 0 Å². The number of hydrogen-bond acceptors (Lipinski definition) is 4. The molecule has 0 amide bonds. The highest BCUT2D eigenvalue weighted by Crippen LogP contribution is 2.65. The maximum Gasteiger partial charge on any atom is 0.302 e. The van der Waals surface area contributed by atoms with Crippen molar-refractivity contribution in [3.05, 3.63) is 23.8 Å². The summed E-state index contributed by atoms with van der Waals surface area (Å²) in [6.45, 7) is 6.20. The average Bonchev–Trinajstić information content (AvgIpc) is 2.97. The van der Waals surface area contributed by atoms with Gasteiger partial charge < -0.3 is 9.84 Å². The first kappa shape index (κ1) is 18.9. The fourth-order valence-corrected chi connectivity index (χ4v) is 6.99. The highest BCUT2D eigenvalue weighted by Gasteiger charge is 2.59. The number of allylic oxidation sites excluding steroid dienone is 4. The number of ketones is 1. The van der Waals surface area contributed by atoms with E-state index in [4.69, 9.17) is 4.74 Å². The summed E-state index contributed by atoms with van der Waals surface area (Å²) < 4.78 is 5.10. The second-order valence-corrected chi connectivity index (χ2v) is 9.73. The summed E-state index contributed by atoms with van der Waals surface area (Å²) in [6.07, 6.45) is 11.9. The average molecular weight is 373 g/mol. The molecule has 4 heteroatoms. The van der Waals surface area contributed by atoms with E-state index < -0.39 is 6.10 Å². The molecule has 4 aliphatic carbocycles. The SMILES string of the molecule is CC(=O)OC[C@H](O)[C@H]1CC[C@H]2[C@@H]3C=CC4=CC(=O)CC[C@]4(C)[C@H]3CC[C@]12C. The lowest BCUT2D eigenvalue weighted by Gasteiger charge is -2.56. The molecule has 1 N–H and O–H groups in total. The van der Waals surface area contributed by atoms with Gasteiger partial charge in [0.1, 0.15) is 6.61 Å². The number of hydrogen-bond donors (Lipinski definition) is 1. The molecule has 0 radical (unpaired) electrons. The van der Waals surface area contributed by atoms with Crippen LogP contribution < -0.4 is 0 Å². The van der Waals surface area contributed by atoms with Crippen molar-refractivity contribution in [3.8, 4) is 0 Å². The van der Waals surface area contributed by atoms with E-state index in [1.54, 1.807) is 0 Å². The van der Waals surface area contributed by atoms with Crippen LogP contribution in [0.2, 0.25) is 0 Å². The molecule has 27 heavy (non-hydrogen) atoms. The molecule has 7 atom stereocenters. The molecule has 4 aliphatic rings. The van der Waals surface area contributed by atoms with Crippen molar-refractivity contribution in [3.63, 3.8) is 0 Å². The van der Waals surface area contributed by atoms with E-state index in [2.05, 4.69) is 26.0 Å². The van der Waals surface area contributed by atoms with E-state index in [-0.39, 0.29) is 35.1 Å². The summed E-state index contributed by atoms with van der Waals surface area (Å²) in [5, 5.41) is 10.7. The zero-order chi connectivity index (χ0) is 19.4. The van der Waals surface area contributed by atoms with Gasteiger partial charge in [0.05, 0.1) is 6.10 Å². The van der Waals surface area contributed by atoms with Crippen LogP contribution in [0.25, 0.3) is 0 Å². The highest BCUT2D eigenvalue weighted by atomic mass is 16.5. The third kappa shape index (κ3) is 2.91. The second kappa shape index (κ2) is 6.58. The predicted octanol–water partition coefficient (Wildman–Crippen LogP) is 3.83. The first-order valence-electron chi connectivity index (χ1n) is 10.5. The number of esters is 1. The first-order chi connectivity index (χ1) is 12.8. The van der Waals surface area contributed by atoms with E-state index >= 15 is 0 Å². The molecular weight excluding hydrogens is 340 g/mol. The van der Waals surface area contributed by atoms with Crippen molar-refractivity contribution < 1.29 is 19.4 Å². The Bertz CT molecular complexity index is 707. The van der Waals surface area contributed by atoms with Crippen LogP contribution in [-0.2, 0) is 14.3 Å². The van der Waals surface area contributed by atoms with E-state index in [9.17, 15) is 14.7 Å². The fraction of sp³-hybridized carbons (Fsp3) is 0.739. The van der Waals surface area contributed by atoms with Crippen LogP contribution in [-0.4, -0.2) is 29.6 Å². The Hall–Kier alpha value is -1.42. The van der Waals surface area contributed by atoms with Gasteiger partial charge in [-0.1, -0.05) is 26.0 Å². The van der Waals surface area contributed by atoms with E-state index in [1.807, 2.05) is 6.08 Å². The Morgan fingerprint density at radius 3 is 2.78 bits per heavy atom. The van der Waals surface area contributed by atoms with Crippen LogP contribution in [0.5, 0.6) is 0 Å². The van der Waals surface area contributed by atoms with Crippen LogP contribution in [0.15, 0.2) is 23.8 Å². The van der Waals surface area contributed by atoms with Gasteiger partial charge in [-0.3, -0.25) is 9.59 Å². The van der Waals surface area contributed by atoms with E-state index in [0.717, 1.165) is 32.1 Å². The van der Waals surface area contributed by atoms with Crippen LogP contribution >= 0.6 is 0 Å². The molecule has 0 aromatic rings. The standard InChI is InChI=1S/C23H32O4/c1-14(24)27-13-21(26)20-7-6-18-17-5-4-15-12-16(25)8-10-22(15,2)19(17)9-11-23(18,20)3/h4-5,12,17-21,26H,6-11,13H2,1-3H3/t17-,18-,19-,20+,21-,22-,23-/m0/s1. The Kier molecular flexibility index (Phi) is 4.61. The Morgan fingerprint density at radius 2 is 2.04 bits per heavy atom. The third-order valence-corrected chi connectivity index (χ3v) is 8.51. The Balaban J connectivity index is 1.59. The minimum atomic E-state index is -0.577. The summed E-state index contributed by atoms with van der Waals surface area (Å²) in [7, 11) is 0. The van der Waals surface area contributed by atoms with Gasteiger partial charge in [-0.25, -0.2) is 0 Å². The van der Waals surface area contributed by atoms with Gasteiger partial charge in [0.2, 0.25) is 0 Å². The molecule has 2 saturated carbocycles. The van der Waals surface area contributed by atoms with Crippen LogP contribution in [0.3, 0.4) is 0 Å². The van der Waals surface area contributed by atoms with Gasteiger partial charge in [0, 0.05) is 13.3 Å². The van der Waals surface area contributed by atoms with Gasteiger partial charge in [-0.2, -0.15) is 0 Å². The molecule has 0 spiro atoms. The van der Waals surface area contributed by atoms with Gasteiger partial charge >= 0.3 is 5.97 Å². The number of rotatable bonds is 3. The smallest absolute Gasteiger partial charge is 0.302 e. The molecule has 0 bridgehead atoms. The lowest BCUT2D eigenvalue weighted by molar-refractivity contribution is -0.147. The topological polar surface area (TPSA) is 63.6 Å². The van der Waals surface area contributed by atoms with Gasteiger partial charge in [-0.05, 0) is 78.3 Å². The molecule has 0 saturated heterocycles. The molecule has 0 aliphatic heterocycles. The van der Waals surface area contributed by atoms with Gasteiger partial charge in [0.25, 0.3) is 0 Å².